The first-order valence-corrected chi connectivity index (χ1v) is 8.39. The molecule has 0 amide bonds. The van der Waals surface area contributed by atoms with Crippen molar-refractivity contribution in [3.8, 4) is 0 Å². The van der Waals surface area contributed by atoms with E-state index in [2.05, 4.69) is 61.1 Å². The zero-order chi connectivity index (χ0) is 14.3. The summed E-state index contributed by atoms with van der Waals surface area (Å²) in [6.45, 7) is 10.0. The summed E-state index contributed by atoms with van der Waals surface area (Å²) in [4.78, 5) is 0. The number of halogens is 1. The second kappa shape index (κ2) is 8.76. The van der Waals surface area contributed by atoms with Crippen LogP contribution in [0.25, 0.3) is 0 Å². The third-order valence-electron chi connectivity index (χ3n) is 3.66. The lowest BCUT2D eigenvalue weighted by Gasteiger charge is -2.22. The fraction of sp³-hybridized carbons (Fsp3) is 0.647. The summed E-state index contributed by atoms with van der Waals surface area (Å²) in [5.41, 5.74) is 4.20. The predicted molar refractivity (Wildman–Crippen MR) is 88.8 cm³/mol. The van der Waals surface area contributed by atoms with Gasteiger partial charge in [0, 0.05) is 10.5 Å². The molecule has 108 valence electrons. The van der Waals surface area contributed by atoms with E-state index in [0.29, 0.717) is 6.04 Å². The van der Waals surface area contributed by atoms with Gasteiger partial charge in [0.1, 0.15) is 0 Å². The summed E-state index contributed by atoms with van der Waals surface area (Å²) >= 11 is 3.63. The van der Waals surface area contributed by atoms with Crippen LogP contribution in [0.3, 0.4) is 0 Å². The maximum Gasteiger partial charge on any atom is 0.0322 e. The summed E-state index contributed by atoms with van der Waals surface area (Å²) in [7, 11) is 0. The van der Waals surface area contributed by atoms with Crippen LogP contribution in [0.5, 0.6) is 0 Å². The Bertz CT molecular complexity index is 387. The summed E-state index contributed by atoms with van der Waals surface area (Å²) in [5.74, 6) is 0. The third-order valence-corrected chi connectivity index (χ3v) is 4.51. The van der Waals surface area contributed by atoms with Gasteiger partial charge in [-0.1, -0.05) is 55.1 Å². The standard InChI is InChI=1S/C17H28BrN/c1-5-7-8-9-17(19-10-6-2)15-11-14(4)16(18)12-13(15)3/h11-12,17,19H,5-10H2,1-4H3. The number of hydrogen-bond donors (Lipinski definition) is 1. The van der Waals surface area contributed by atoms with E-state index in [1.165, 1.54) is 53.3 Å². The molecule has 0 aromatic heterocycles. The fourth-order valence-electron chi connectivity index (χ4n) is 2.46. The highest BCUT2D eigenvalue weighted by Gasteiger charge is 2.14. The van der Waals surface area contributed by atoms with Crippen molar-refractivity contribution in [1.29, 1.82) is 0 Å². The molecule has 1 N–H and O–H groups in total. The van der Waals surface area contributed by atoms with Crippen molar-refractivity contribution in [2.24, 2.45) is 0 Å². The summed E-state index contributed by atoms with van der Waals surface area (Å²) in [5, 5.41) is 3.72. The van der Waals surface area contributed by atoms with E-state index >= 15 is 0 Å². The van der Waals surface area contributed by atoms with Crippen molar-refractivity contribution in [3.63, 3.8) is 0 Å². The highest BCUT2D eigenvalue weighted by atomic mass is 79.9. The molecule has 0 aliphatic rings. The van der Waals surface area contributed by atoms with Crippen LogP contribution in [-0.4, -0.2) is 6.54 Å². The molecule has 0 saturated heterocycles. The fourth-order valence-corrected chi connectivity index (χ4v) is 2.92. The molecule has 1 aromatic rings. The van der Waals surface area contributed by atoms with Crippen molar-refractivity contribution >= 4 is 15.9 Å². The molecular formula is C17H28BrN. The number of aryl methyl sites for hydroxylation is 2. The minimum absolute atomic E-state index is 0.512. The summed E-state index contributed by atoms with van der Waals surface area (Å²) < 4.78 is 1.22. The first-order valence-electron chi connectivity index (χ1n) is 7.60. The van der Waals surface area contributed by atoms with E-state index in [4.69, 9.17) is 0 Å². The van der Waals surface area contributed by atoms with Gasteiger partial charge in [-0.2, -0.15) is 0 Å². The third kappa shape index (κ3) is 5.27. The normalized spacial score (nSPS) is 12.7. The van der Waals surface area contributed by atoms with Gasteiger partial charge in [-0.15, -0.1) is 0 Å². The lowest BCUT2D eigenvalue weighted by Crippen LogP contribution is -2.23. The van der Waals surface area contributed by atoms with Gasteiger partial charge in [0.05, 0.1) is 0 Å². The lowest BCUT2D eigenvalue weighted by molar-refractivity contribution is 0.472. The number of nitrogens with one attached hydrogen (secondary N) is 1. The average Bonchev–Trinajstić information content (AvgIpc) is 2.38. The Morgan fingerprint density at radius 1 is 1.05 bits per heavy atom. The molecule has 0 aliphatic carbocycles. The smallest absolute Gasteiger partial charge is 0.0322 e. The Labute approximate surface area is 127 Å². The van der Waals surface area contributed by atoms with E-state index in [1.54, 1.807) is 0 Å². The Balaban J connectivity index is 2.85. The highest BCUT2D eigenvalue weighted by Crippen LogP contribution is 2.28. The van der Waals surface area contributed by atoms with Gasteiger partial charge in [-0.25, -0.2) is 0 Å². The van der Waals surface area contributed by atoms with Gasteiger partial charge in [0.25, 0.3) is 0 Å². The molecule has 0 heterocycles. The number of hydrogen-bond acceptors (Lipinski definition) is 1. The first-order chi connectivity index (χ1) is 9.10. The molecule has 1 unspecified atom stereocenters. The first kappa shape index (κ1) is 16.7. The van der Waals surface area contributed by atoms with Gasteiger partial charge >= 0.3 is 0 Å². The molecule has 1 aromatic carbocycles. The minimum atomic E-state index is 0.512. The number of unbranched alkanes of at least 4 members (excludes halogenated alkanes) is 2. The van der Waals surface area contributed by atoms with Crippen LogP contribution < -0.4 is 5.32 Å². The van der Waals surface area contributed by atoms with Crippen LogP contribution in [-0.2, 0) is 0 Å². The molecule has 1 rings (SSSR count). The molecule has 1 atom stereocenters. The zero-order valence-corrected chi connectivity index (χ0v) is 14.4. The average molecular weight is 326 g/mol. The molecule has 0 radical (unpaired) electrons. The Hall–Kier alpha value is -0.340. The lowest BCUT2D eigenvalue weighted by atomic mass is 9.95. The van der Waals surface area contributed by atoms with Gasteiger partial charge in [-0.3, -0.25) is 0 Å². The van der Waals surface area contributed by atoms with E-state index in [-0.39, 0.29) is 0 Å². The second-order valence-corrected chi connectivity index (χ2v) is 6.31. The predicted octanol–water partition coefficient (Wildman–Crippen LogP) is 5.69. The van der Waals surface area contributed by atoms with Crippen LogP contribution in [0, 0.1) is 13.8 Å². The van der Waals surface area contributed by atoms with Crippen molar-refractivity contribution in [3.05, 3.63) is 33.3 Å². The van der Waals surface area contributed by atoms with Crippen LogP contribution >= 0.6 is 15.9 Å². The Morgan fingerprint density at radius 2 is 1.79 bits per heavy atom. The zero-order valence-electron chi connectivity index (χ0n) is 12.9. The van der Waals surface area contributed by atoms with Gasteiger partial charge < -0.3 is 5.32 Å². The number of benzene rings is 1. The molecular weight excluding hydrogens is 298 g/mol. The Morgan fingerprint density at radius 3 is 2.42 bits per heavy atom. The molecule has 0 bridgehead atoms. The van der Waals surface area contributed by atoms with Crippen LogP contribution in [0.2, 0.25) is 0 Å². The van der Waals surface area contributed by atoms with Crippen LogP contribution in [0.4, 0.5) is 0 Å². The topological polar surface area (TPSA) is 12.0 Å². The van der Waals surface area contributed by atoms with Crippen molar-refractivity contribution in [2.45, 2.75) is 65.8 Å². The molecule has 0 saturated carbocycles. The maximum absolute atomic E-state index is 3.72. The largest absolute Gasteiger partial charge is 0.310 e. The molecule has 0 aliphatic heterocycles. The molecule has 19 heavy (non-hydrogen) atoms. The minimum Gasteiger partial charge on any atom is -0.310 e. The van der Waals surface area contributed by atoms with Crippen LogP contribution in [0.15, 0.2) is 16.6 Å². The quantitative estimate of drug-likeness (QED) is 0.605. The van der Waals surface area contributed by atoms with Gasteiger partial charge in [0.15, 0.2) is 0 Å². The molecule has 0 fully saturated rings. The van der Waals surface area contributed by atoms with Crippen LogP contribution in [0.1, 0.15) is 68.7 Å². The van der Waals surface area contributed by atoms with Crippen molar-refractivity contribution in [1.82, 2.24) is 5.32 Å². The van der Waals surface area contributed by atoms with E-state index < -0.39 is 0 Å². The number of rotatable bonds is 8. The summed E-state index contributed by atoms with van der Waals surface area (Å²) in [6.07, 6.45) is 6.37. The van der Waals surface area contributed by atoms with E-state index in [0.717, 1.165) is 6.54 Å². The molecule has 1 nitrogen and oxygen atoms in total. The summed E-state index contributed by atoms with van der Waals surface area (Å²) in [6, 6.07) is 5.11. The maximum atomic E-state index is 3.72. The van der Waals surface area contributed by atoms with Crippen molar-refractivity contribution < 1.29 is 0 Å². The van der Waals surface area contributed by atoms with E-state index in [9.17, 15) is 0 Å². The molecule has 0 spiro atoms. The molecule has 2 heteroatoms. The monoisotopic (exact) mass is 325 g/mol. The highest BCUT2D eigenvalue weighted by molar-refractivity contribution is 9.10. The van der Waals surface area contributed by atoms with Gasteiger partial charge in [0.2, 0.25) is 0 Å². The second-order valence-electron chi connectivity index (χ2n) is 5.46. The van der Waals surface area contributed by atoms with E-state index in [1.807, 2.05) is 0 Å². The SMILES string of the molecule is CCCCCC(NCCC)c1cc(C)c(Br)cc1C. The van der Waals surface area contributed by atoms with Crippen molar-refractivity contribution in [2.75, 3.05) is 6.54 Å². The Kier molecular flexibility index (Phi) is 7.70. The van der Waals surface area contributed by atoms with Gasteiger partial charge in [-0.05, 0) is 56.0 Å².